The second-order valence-corrected chi connectivity index (χ2v) is 8.99. The lowest BCUT2D eigenvalue weighted by Crippen LogP contribution is -2.17. The van der Waals surface area contributed by atoms with E-state index in [1.807, 2.05) is 24.4 Å². The molecule has 0 fully saturated rings. The van der Waals surface area contributed by atoms with Crippen molar-refractivity contribution in [1.29, 1.82) is 0 Å². The minimum absolute atomic E-state index is 0.0875. The van der Waals surface area contributed by atoms with E-state index < -0.39 is 0 Å². The van der Waals surface area contributed by atoms with Crippen LogP contribution in [0.2, 0.25) is 0 Å². The lowest BCUT2D eigenvalue weighted by atomic mass is 9.78. The van der Waals surface area contributed by atoms with Crippen molar-refractivity contribution in [2.24, 2.45) is 0 Å². The summed E-state index contributed by atoms with van der Waals surface area (Å²) in [5.74, 6) is 1.29. The Morgan fingerprint density at radius 3 is 1.96 bits per heavy atom. The van der Waals surface area contributed by atoms with E-state index in [1.54, 1.807) is 11.8 Å². The van der Waals surface area contributed by atoms with Crippen LogP contribution in [0.4, 0.5) is 0 Å². The maximum atomic E-state index is 10.8. The zero-order valence-corrected chi connectivity index (χ0v) is 15.8. The molecular weight excluding hydrogens is 302 g/mol. The van der Waals surface area contributed by atoms with Crippen LogP contribution >= 0.6 is 11.8 Å². The standard InChI is InChI=1S/C20H27NOS/c1-19(2,3)15-11-14(12-16(18(15)22)20(4,5)6)13-23-17-9-7-8-10-21-17/h7-12,22H,13H2,1-6H3. The Balaban J connectivity index is 2.40. The first kappa shape index (κ1) is 17.9. The van der Waals surface area contributed by atoms with Gasteiger partial charge in [-0.05, 0) is 39.7 Å². The van der Waals surface area contributed by atoms with Crippen molar-refractivity contribution in [2.75, 3.05) is 0 Å². The topological polar surface area (TPSA) is 33.1 Å². The predicted molar refractivity (Wildman–Crippen MR) is 99.3 cm³/mol. The molecule has 0 aliphatic heterocycles. The number of thioether (sulfide) groups is 1. The van der Waals surface area contributed by atoms with Crippen molar-refractivity contribution in [3.8, 4) is 5.75 Å². The molecule has 0 saturated heterocycles. The molecular formula is C20H27NOS. The molecule has 3 heteroatoms. The number of pyridine rings is 1. The first-order chi connectivity index (χ1) is 10.6. The summed E-state index contributed by atoms with van der Waals surface area (Å²) >= 11 is 1.73. The highest BCUT2D eigenvalue weighted by atomic mass is 32.2. The highest BCUT2D eigenvalue weighted by molar-refractivity contribution is 7.98. The van der Waals surface area contributed by atoms with Gasteiger partial charge in [-0.15, -0.1) is 11.8 Å². The van der Waals surface area contributed by atoms with Gasteiger partial charge in [0.05, 0.1) is 5.03 Å². The largest absolute Gasteiger partial charge is 0.507 e. The number of phenolic OH excluding ortho intramolecular Hbond substituents is 1. The summed E-state index contributed by atoms with van der Waals surface area (Å²) in [5, 5.41) is 11.8. The molecule has 0 unspecified atom stereocenters. The van der Waals surface area contributed by atoms with E-state index in [0.717, 1.165) is 21.9 Å². The molecule has 0 saturated carbocycles. The van der Waals surface area contributed by atoms with Crippen LogP contribution in [0, 0.1) is 0 Å². The number of aromatic nitrogens is 1. The van der Waals surface area contributed by atoms with Crippen LogP contribution < -0.4 is 0 Å². The molecule has 0 radical (unpaired) electrons. The number of rotatable bonds is 3. The molecule has 0 atom stereocenters. The first-order valence-corrected chi connectivity index (χ1v) is 8.98. The number of hydrogen-bond acceptors (Lipinski definition) is 3. The summed E-state index contributed by atoms with van der Waals surface area (Å²) in [5.41, 5.74) is 3.09. The minimum atomic E-state index is -0.0875. The normalized spacial score (nSPS) is 12.4. The van der Waals surface area contributed by atoms with Gasteiger partial charge in [0.15, 0.2) is 0 Å². The SMILES string of the molecule is CC(C)(C)c1cc(CSc2ccccn2)cc(C(C)(C)C)c1O. The maximum Gasteiger partial charge on any atom is 0.123 e. The molecule has 0 spiro atoms. The molecule has 1 aromatic carbocycles. The van der Waals surface area contributed by atoms with Crippen LogP contribution in [0.25, 0.3) is 0 Å². The van der Waals surface area contributed by atoms with Gasteiger partial charge in [-0.25, -0.2) is 4.98 Å². The fraction of sp³-hybridized carbons (Fsp3) is 0.450. The van der Waals surface area contributed by atoms with Gasteiger partial charge in [0.2, 0.25) is 0 Å². The van der Waals surface area contributed by atoms with E-state index in [-0.39, 0.29) is 10.8 Å². The average Bonchev–Trinajstić information content (AvgIpc) is 2.44. The summed E-state index contributed by atoms with van der Waals surface area (Å²) in [7, 11) is 0. The Bertz CT molecular complexity index is 631. The van der Waals surface area contributed by atoms with Gasteiger partial charge >= 0.3 is 0 Å². The van der Waals surface area contributed by atoms with Gasteiger partial charge in [0.1, 0.15) is 5.75 Å². The molecule has 2 nitrogen and oxygen atoms in total. The third-order valence-electron chi connectivity index (χ3n) is 3.81. The third kappa shape index (κ3) is 4.51. The monoisotopic (exact) mass is 329 g/mol. The van der Waals surface area contributed by atoms with E-state index in [1.165, 1.54) is 5.56 Å². The fourth-order valence-corrected chi connectivity index (χ4v) is 3.30. The Kier molecular flexibility index (Phi) is 5.10. The van der Waals surface area contributed by atoms with Crippen molar-refractivity contribution in [2.45, 2.75) is 63.2 Å². The average molecular weight is 330 g/mol. The minimum Gasteiger partial charge on any atom is -0.507 e. The van der Waals surface area contributed by atoms with E-state index in [9.17, 15) is 5.11 Å². The van der Waals surface area contributed by atoms with Gasteiger partial charge in [-0.2, -0.15) is 0 Å². The molecule has 0 amide bonds. The highest BCUT2D eigenvalue weighted by Crippen LogP contribution is 2.40. The predicted octanol–water partition coefficient (Wildman–Crippen LogP) is 5.67. The molecule has 0 aliphatic rings. The van der Waals surface area contributed by atoms with Crippen molar-refractivity contribution in [1.82, 2.24) is 4.98 Å². The molecule has 0 bridgehead atoms. The molecule has 1 aromatic heterocycles. The van der Waals surface area contributed by atoms with Crippen LogP contribution in [0.5, 0.6) is 5.75 Å². The summed E-state index contributed by atoms with van der Waals surface area (Å²) in [6.07, 6.45) is 1.82. The number of nitrogens with zero attached hydrogens (tertiary/aromatic N) is 1. The fourth-order valence-electron chi connectivity index (χ4n) is 2.51. The van der Waals surface area contributed by atoms with E-state index >= 15 is 0 Å². The van der Waals surface area contributed by atoms with Crippen LogP contribution in [-0.2, 0) is 16.6 Å². The van der Waals surface area contributed by atoms with Crippen LogP contribution in [-0.4, -0.2) is 10.1 Å². The molecule has 2 rings (SSSR count). The van der Waals surface area contributed by atoms with E-state index in [4.69, 9.17) is 0 Å². The number of hydrogen-bond donors (Lipinski definition) is 1. The summed E-state index contributed by atoms with van der Waals surface area (Å²) < 4.78 is 0. The van der Waals surface area contributed by atoms with Crippen LogP contribution in [0.3, 0.4) is 0 Å². The van der Waals surface area contributed by atoms with Crippen molar-refractivity contribution in [3.05, 3.63) is 53.2 Å². The maximum absolute atomic E-state index is 10.8. The molecule has 1 heterocycles. The number of benzene rings is 1. The molecule has 1 N–H and O–H groups in total. The summed E-state index contributed by atoms with van der Waals surface area (Å²) in [6, 6.07) is 10.2. The number of phenols is 1. The van der Waals surface area contributed by atoms with Crippen LogP contribution in [0.1, 0.15) is 58.2 Å². The second kappa shape index (κ2) is 6.56. The molecule has 2 aromatic rings. The van der Waals surface area contributed by atoms with Gasteiger partial charge in [0, 0.05) is 11.9 Å². The lowest BCUT2D eigenvalue weighted by molar-refractivity contribution is 0.423. The smallest absolute Gasteiger partial charge is 0.123 e. The Labute approximate surface area is 144 Å². The Morgan fingerprint density at radius 1 is 0.957 bits per heavy atom. The van der Waals surface area contributed by atoms with Gasteiger partial charge in [0.25, 0.3) is 0 Å². The van der Waals surface area contributed by atoms with Gasteiger partial charge in [-0.1, -0.05) is 59.7 Å². The molecule has 23 heavy (non-hydrogen) atoms. The first-order valence-electron chi connectivity index (χ1n) is 8.00. The third-order valence-corrected chi connectivity index (χ3v) is 4.83. The van der Waals surface area contributed by atoms with Gasteiger partial charge in [-0.3, -0.25) is 0 Å². The summed E-state index contributed by atoms with van der Waals surface area (Å²) in [4.78, 5) is 4.37. The quantitative estimate of drug-likeness (QED) is 0.736. The van der Waals surface area contributed by atoms with Crippen molar-refractivity contribution >= 4 is 11.8 Å². The zero-order valence-electron chi connectivity index (χ0n) is 15.0. The Hall–Kier alpha value is -1.48. The molecule has 124 valence electrons. The second-order valence-electron chi connectivity index (χ2n) is 8.00. The Morgan fingerprint density at radius 2 is 1.52 bits per heavy atom. The zero-order chi connectivity index (χ0) is 17.3. The van der Waals surface area contributed by atoms with E-state index in [2.05, 4.69) is 58.7 Å². The molecule has 0 aliphatic carbocycles. The van der Waals surface area contributed by atoms with Crippen molar-refractivity contribution in [3.63, 3.8) is 0 Å². The lowest BCUT2D eigenvalue weighted by Gasteiger charge is -2.28. The van der Waals surface area contributed by atoms with Gasteiger partial charge < -0.3 is 5.11 Å². The summed E-state index contributed by atoms with van der Waals surface area (Å²) in [6.45, 7) is 12.9. The van der Waals surface area contributed by atoms with Crippen LogP contribution in [0.15, 0.2) is 41.6 Å². The van der Waals surface area contributed by atoms with Crippen molar-refractivity contribution < 1.29 is 5.11 Å². The van der Waals surface area contributed by atoms with E-state index in [0.29, 0.717) is 5.75 Å². The highest BCUT2D eigenvalue weighted by Gasteiger charge is 2.26. The number of aromatic hydroxyl groups is 1.